The van der Waals surface area contributed by atoms with Crippen LogP contribution in [0, 0.1) is 13.8 Å². The Morgan fingerprint density at radius 3 is 2.32 bits per heavy atom. The largest absolute Gasteiger partial charge is 0.508 e. The molecule has 106 valence electrons. The molecule has 1 aliphatic rings. The molecule has 0 saturated carbocycles. The van der Waals surface area contributed by atoms with Gasteiger partial charge in [0.15, 0.2) is 0 Å². The number of phenolic OH excluding ortho intramolecular Hbond substituents is 1. The molecule has 1 aromatic rings. The average molecular weight is 262 g/mol. The van der Waals surface area contributed by atoms with Gasteiger partial charge in [0.2, 0.25) is 0 Å². The molecule has 0 aromatic heterocycles. The predicted molar refractivity (Wildman–Crippen MR) is 79.7 cm³/mol. The number of aryl methyl sites for hydroxylation is 2. The maximum absolute atomic E-state index is 9.72. The third kappa shape index (κ3) is 3.28. The quantitative estimate of drug-likeness (QED) is 0.876. The van der Waals surface area contributed by atoms with Crippen LogP contribution in [0.1, 0.15) is 42.5 Å². The van der Waals surface area contributed by atoms with E-state index >= 15 is 0 Å². The molecular formula is C16H26N2O. The zero-order valence-corrected chi connectivity index (χ0v) is 12.4. The zero-order valence-electron chi connectivity index (χ0n) is 12.4. The summed E-state index contributed by atoms with van der Waals surface area (Å²) in [6.45, 7) is 10.9. The lowest BCUT2D eigenvalue weighted by Gasteiger charge is -2.36. The van der Waals surface area contributed by atoms with E-state index in [2.05, 4.69) is 31.0 Å². The van der Waals surface area contributed by atoms with E-state index in [-0.39, 0.29) is 0 Å². The number of piperazine rings is 1. The van der Waals surface area contributed by atoms with Gasteiger partial charge in [-0.1, -0.05) is 13.3 Å². The van der Waals surface area contributed by atoms with Crippen LogP contribution in [-0.2, 0) is 0 Å². The molecule has 0 radical (unpaired) electrons. The van der Waals surface area contributed by atoms with E-state index in [9.17, 15) is 5.11 Å². The second kappa shape index (κ2) is 6.40. The Balaban J connectivity index is 2.32. The minimum absolute atomic E-state index is 0.384. The van der Waals surface area contributed by atoms with Crippen LogP contribution in [0.2, 0.25) is 0 Å². The van der Waals surface area contributed by atoms with Crippen LogP contribution in [0.5, 0.6) is 5.75 Å². The maximum Gasteiger partial charge on any atom is 0.116 e. The minimum Gasteiger partial charge on any atom is -0.508 e. The normalized spacial score (nSPS) is 18.5. The van der Waals surface area contributed by atoms with Crippen LogP contribution in [-0.4, -0.2) is 36.2 Å². The van der Waals surface area contributed by atoms with Crippen molar-refractivity contribution < 1.29 is 5.11 Å². The van der Waals surface area contributed by atoms with Crippen molar-refractivity contribution in [3.63, 3.8) is 0 Å². The van der Waals surface area contributed by atoms with Gasteiger partial charge >= 0.3 is 0 Å². The fourth-order valence-electron chi connectivity index (χ4n) is 3.25. The summed E-state index contributed by atoms with van der Waals surface area (Å²) < 4.78 is 0. The number of nitrogens with one attached hydrogen (secondary N) is 1. The van der Waals surface area contributed by atoms with Crippen molar-refractivity contribution in [2.45, 2.75) is 39.7 Å². The van der Waals surface area contributed by atoms with Crippen molar-refractivity contribution in [3.05, 3.63) is 28.8 Å². The lowest BCUT2D eigenvalue weighted by molar-refractivity contribution is 0.163. The van der Waals surface area contributed by atoms with Gasteiger partial charge in [-0.25, -0.2) is 0 Å². The van der Waals surface area contributed by atoms with Gasteiger partial charge in [-0.05, 0) is 49.1 Å². The Morgan fingerprint density at radius 1 is 1.21 bits per heavy atom. The van der Waals surface area contributed by atoms with Gasteiger partial charge in [-0.3, -0.25) is 4.90 Å². The second-order valence-electron chi connectivity index (χ2n) is 5.58. The summed E-state index contributed by atoms with van der Waals surface area (Å²) in [5.74, 6) is 0.384. The standard InChI is InChI=1S/C16H26N2O/c1-4-5-15(18-8-6-17-7-9-18)16-12(2)10-14(19)11-13(16)3/h10-11,15,17,19H,4-9H2,1-3H3/t15-/m0/s1. The summed E-state index contributed by atoms with van der Waals surface area (Å²) in [4.78, 5) is 2.59. The number of hydrogen-bond donors (Lipinski definition) is 2. The Kier molecular flexibility index (Phi) is 4.83. The molecule has 1 aliphatic heterocycles. The lowest BCUT2D eigenvalue weighted by atomic mass is 9.91. The molecule has 3 nitrogen and oxygen atoms in total. The molecule has 1 fully saturated rings. The highest BCUT2D eigenvalue weighted by atomic mass is 16.3. The van der Waals surface area contributed by atoms with Gasteiger partial charge in [0.1, 0.15) is 5.75 Å². The van der Waals surface area contributed by atoms with Crippen LogP contribution in [0.15, 0.2) is 12.1 Å². The lowest BCUT2D eigenvalue weighted by Crippen LogP contribution is -2.45. The van der Waals surface area contributed by atoms with Crippen molar-refractivity contribution in [1.29, 1.82) is 0 Å². The highest BCUT2D eigenvalue weighted by molar-refractivity contribution is 5.42. The summed E-state index contributed by atoms with van der Waals surface area (Å²) in [7, 11) is 0. The first-order chi connectivity index (χ1) is 9.13. The molecule has 1 heterocycles. The van der Waals surface area contributed by atoms with Crippen LogP contribution < -0.4 is 5.32 Å². The molecule has 3 heteroatoms. The Hall–Kier alpha value is -1.06. The second-order valence-corrected chi connectivity index (χ2v) is 5.58. The molecule has 1 aromatic carbocycles. The van der Waals surface area contributed by atoms with Crippen molar-refractivity contribution in [3.8, 4) is 5.75 Å². The summed E-state index contributed by atoms with van der Waals surface area (Å²) in [5, 5.41) is 13.1. The average Bonchev–Trinajstić information content (AvgIpc) is 2.37. The van der Waals surface area contributed by atoms with Crippen LogP contribution in [0.25, 0.3) is 0 Å². The van der Waals surface area contributed by atoms with Crippen molar-refractivity contribution >= 4 is 0 Å². The maximum atomic E-state index is 9.72. The molecule has 1 saturated heterocycles. The minimum atomic E-state index is 0.384. The number of rotatable bonds is 4. The van der Waals surface area contributed by atoms with Crippen molar-refractivity contribution in [2.24, 2.45) is 0 Å². The van der Waals surface area contributed by atoms with E-state index in [1.54, 1.807) is 0 Å². The number of aromatic hydroxyl groups is 1. The van der Waals surface area contributed by atoms with E-state index in [0.717, 1.165) is 26.2 Å². The highest BCUT2D eigenvalue weighted by Crippen LogP contribution is 2.33. The van der Waals surface area contributed by atoms with Gasteiger partial charge in [-0.15, -0.1) is 0 Å². The number of nitrogens with zero attached hydrogens (tertiary/aromatic N) is 1. The summed E-state index contributed by atoms with van der Waals surface area (Å²) in [6.07, 6.45) is 2.38. The van der Waals surface area contributed by atoms with Crippen LogP contribution >= 0.6 is 0 Å². The number of hydrogen-bond acceptors (Lipinski definition) is 3. The molecule has 19 heavy (non-hydrogen) atoms. The molecule has 0 bridgehead atoms. The SMILES string of the molecule is CCC[C@@H](c1c(C)cc(O)cc1C)N1CCNCC1. The molecule has 2 rings (SSSR count). The molecule has 0 aliphatic carbocycles. The molecular weight excluding hydrogens is 236 g/mol. The van der Waals surface area contributed by atoms with Crippen LogP contribution in [0.4, 0.5) is 0 Å². The van der Waals surface area contributed by atoms with E-state index < -0.39 is 0 Å². The molecule has 0 unspecified atom stereocenters. The van der Waals surface area contributed by atoms with Gasteiger partial charge in [0.25, 0.3) is 0 Å². The fraction of sp³-hybridized carbons (Fsp3) is 0.625. The monoisotopic (exact) mass is 262 g/mol. The van der Waals surface area contributed by atoms with Gasteiger partial charge in [0, 0.05) is 32.2 Å². The first-order valence-electron chi connectivity index (χ1n) is 7.38. The Morgan fingerprint density at radius 2 is 1.79 bits per heavy atom. The number of phenols is 1. The van der Waals surface area contributed by atoms with E-state index in [0.29, 0.717) is 11.8 Å². The van der Waals surface area contributed by atoms with Gasteiger partial charge in [-0.2, -0.15) is 0 Å². The predicted octanol–water partition coefficient (Wildman–Crippen LogP) is 2.76. The first-order valence-corrected chi connectivity index (χ1v) is 7.38. The number of benzene rings is 1. The first kappa shape index (κ1) is 14.4. The summed E-state index contributed by atoms with van der Waals surface area (Å²) in [5.41, 5.74) is 3.85. The third-order valence-electron chi connectivity index (χ3n) is 4.07. The molecule has 1 atom stereocenters. The highest BCUT2D eigenvalue weighted by Gasteiger charge is 2.24. The third-order valence-corrected chi connectivity index (χ3v) is 4.07. The smallest absolute Gasteiger partial charge is 0.116 e. The summed E-state index contributed by atoms with van der Waals surface area (Å²) >= 11 is 0. The van der Waals surface area contributed by atoms with Gasteiger partial charge < -0.3 is 10.4 Å². The Bertz CT molecular complexity index is 402. The van der Waals surface area contributed by atoms with Crippen molar-refractivity contribution in [2.75, 3.05) is 26.2 Å². The molecule has 0 amide bonds. The van der Waals surface area contributed by atoms with E-state index in [1.165, 1.54) is 29.5 Å². The van der Waals surface area contributed by atoms with E-state index in [1.807, 2.05) is 12.1 Å². The zero-order chi connectivity index (χ0) is 13.8. The molecule has 0 spiro atoms. The summed E-state index contributed by atoms with van der Waals surface area (Å²) in [6, 6.07) is 4.29. The van der Waals surface area contributed by atoms with Crippen LogP contribution in [0.3, 0.4) is 0 Å². The Labute approximate surface area is 116 Å². The van der Waals surface area contributed by atoms with Crippen molar-refractivity contribution in [1.82, 2.24) is 10.2 Å². The van der Waals surface area contributed by atoms with Gasteiger partial charge in [0.05, 0.1) is 0 Å². The topological polar surface area (TPSA) is 35.5 Å². The van der Waals surface area contributed by atoms with E-state index in [4.69, 9.17) is 0 Å². The fourth-order valence-corrected chi connectivity index (χ4v) is 3.25. The molecule has 2 N–H and O–H groups in total.